The van der Waals surface area contributed by atoms with Crippen LogP contribution in [-0.2, 0) is 0 Å². The molecule has 0 N–H and O–H groups in total. The zero-order valence-electron chi connectivity index (χ0n) is 8.66. The Hall–Kier alpha value is -2.00. The summed E-state index contributed by atoms with van der Waals surface area (Å²) in [5, 5.41) is 17.1. The fourth-order valence-corrected chi connectivity index (χ4v) is 1.19. The molecule has 15 heavy (non-hydrogen) atoms. The lowest BCUT2D eigenvalue weighted by molar-refractivity contribution is 0.312. The van der Waals surface area contributed by atoms with E-state index in [0.29, 0.717) is 18.6 Å². The molecule has 0 aliphatic heterocycles. The van der Waals surface area contributed by atoms with Gasteiger partial charge in [-0.05, 0) is 37.1 Å². The van der Waals surface area contributed by atoms with Crippen LogP contribution in [0.5, 0.6) is 5.75 Å². The van der Waals surface area contributed by atoms with Crippen molar-refractivity contribution in [2.24, 2.45) is 0 Å². The van der Waals surface area contributed by atoms with Crippen LogP contribution in [0, 0.1) is 29.6 Å². The molecular weight excluding hydrogens is 188 g/mol. The molecule has 0 aromatic heterocycles. The van der Waals surface area contributed by atoms with E-state index in [9.17, 15) is 0 Å². The van der Waals surface area contributed by atoms with Gasteiger partial charge in [0, 0.05) is 6.42 Å². The minimum atomic E-state index is 0.509. The smallest absolute Gasteiger partial charge is 0.119 e. The lowest BCUT2D eigenvalue weighted by Crippen LogP contribution is -1.97. The van der Waals surface area contributed by atoms with Crippen LogP contribution >= 0.6 is 0 Å². The maximum Gasteiger partial charge on any atom is 0.119 e. The van der Waals surface area contributed by atoms with Gasteiger partial charge in [0.15, 0.2) is 0 Å². The molecule has 0 amide bonds. The predicted octanol–water partition coefficient (Wildman–Crippen LogP) is 2.55. The van der Waals surface area contributed by atoms with Gasteiger partial charge in [-0.2, -0.15) is 10.5 Å². The molecule has 0 atom stereocenters. The van der Waals surface area contributed by atoms with Gasteiger partial charge >= 0.3 is 0 Å². The highest BCUT2D eigenvalue weighted by molar-refractivity contribution is 5.41. The second kappa shape index (κ2) is 5.67. The van der Waals surface area contributed by atoms with Gasteiger partial charge in [0.2, 0.25) is 0 Å². The number of hydrogen-bond donors (Lipinski definition) is 0. The van der Waals surface area contributed by atoms with Crippen LogP contribution in [0.25, 0.3) is 0 Å². The third kappa shape index (κ3) is 3.32. The quantitative estimate of drug-likeness (QED) is 0.702. The summed E-state index contributed by atoms with van der Waals surface area (Å²) in [5.74, 6) is 0.754. The van der Waals surface area contributed by atoms with E-state index in [2.05, 4.69) is 12.1 Å². The lowest BCUT2D eigenvalue weighted by atomic mass is 10.1. The average Bonchev–Trinajstić information content (AvgIpc) is 2.25. The van der Waals surface area contributed by atoms with E-state index in [1.807, 2.05) is 13.0 Å². The molecule has 0 unspecified atom stereocenters. The molecule has 3 nitrogen and oxygen atoms in total. The Kier molecular flexibility index (Phi) is 4.19. The van der Waals surface area contributed by atoms with Crippen LogP contribution in [0.15, 0.2) is 18.2 Å². The first-order chi connectivity index (χ1) is 7.27. The van der Waals surface area contributed by atoms with Crippen molar-refractivity contribution in [2.75, 3.05) is 6.61 Å². The first kappa shape index (κ1) is 11.1. The zero-order valence-corrected chi connectivity index (χ0v) is 8.66. The molecule has 0 fully saturated rings. The summed E-state index contributed by atoms with van der Waals surface area (Å²) < 4.78 is 5.43. The van der Waals surface area contributed by atoms with Crippen LogP contribution in [0.4, 0.5) is 0 Å². The molecule has 1 aromatic rings. The Labute approximate surface area is 89.5 Å². The third-order valence-electron chi connectivity index (χ3n) is 2.02. The van der Waals surface area contributed by atoms with Crippen LogP contribution in [-0.4, -0.2) is 6.61 Å². The Balaban J connectivity index is 2.54. The van der Waals surface area contributed by atoms with E-state index in [1.165, 1.54) is 0 Å². The van der Waals surface area contributed by atoms with E-state index in [1.54, 1.807) is 12.1 Å². The highest BCUT2D eigenvalue weighted by Crippen LogP contribution is 2.16. The van der Waals surface area contributed by atoms with Gasteiger partial charge in [0.25, 0.3) is 0 Å². The van der Waals surface area contributed by atoms with Gasteiger partial charge in [0.1, 0.15) is 5.75 Å². The summed E-state index contributed by atoms with van der Waals surface area (Å²) in [6.07, 6.45) is 1.24. The topological polar surface area (TPSA) is 56.8 Å². The second-order valence-corrected chi connectivity index (χ2v) is 3.20. The second-order valence-electron chi connectivity index (χ2n) is 3.20. The average molecular weight is 200 g/mol. The van der Waals surface area contributed by atoms with Crippen molar-refractivity contribution in [2.45, 2.75) is 19.8 Å². The minimum absolute atomic E-state index is 0.509. The molecule has 0 heterocycles. The number of hydrogen-bond acceptors (Lipinski definition) is 3. The summed E-state index contributed by atoms with van der Waals surface area (Å²) in [5.41, 5.74) is 1.58. The number of rotatable bonds is 4. The number of nitrogens with zero attached hydrogens (tertiary/aromatic N) is 2. The highest BCUT2D eigenvalue weighted by atomic mass is 16.5. The highest BCUT2D eigenvalue weighted by Gasteiger charge is 1.99. The third-order valence-corrected chi connectivity index (χ3v) is 2.02. The molecule has 1 aromatic carbocycles. The Morgan fingerprint density at radius 1 is 1.33 bits per heavy atom. The summed E-state index contributed by atoms with van der Waals surface area (Å²) in [6.45, 7) is 2.42. The van der Waals surface area contributed by atoms with Gasteiger partial charge < -0.3 is 4.74 Å². The van der Waals surface area contributed by atoms with Crippen LogP contribution < -0.4 is 4.74 Å². The van der Waals surface area contributed by atoms with E-state index in [0.717, 1.165) is 17.7 Å². The van der Waals surface area contributed by atoms with Crippen molar-refractivity contribution >= 4 is 0 Å². The van der Waals surface area contributed by atoms with E-state index < -0.39 is 0 Å². The summed E-state index contributed by atoms with van der Waals surface area (Å²) in [4.78, 5) is 0. The van der Waals surface area contributed by atoms with Gasteiger partial charge in [-0.15, -0.1) is 0 Å². The Morgan fingerprint density at radius 2 is 2.13 bits per heavy atom. The minimum Gasteiger partial charge on any atom is -0.494 e. The maximum absolute atomic E-state index is 8.73. The fraction of sp³-hybridized carbons (Fsp3) is 0.333. The molecule has 0 bridgehead atoms. The molecule has 0 saturated carbocycles. The van der Waals surface area contributed by atoms with Crippen molar-refractivity contribution < 1.29 is 4.74 Å². The van der Waals surface area contributed by atoms with Crippen molar-refractivity contribution in [1.29, 1.82) is 10.5 Å². The molecule has 0 radical (unpaired) electrons. The fourth-order valence-electron chi connectivity index (χ4n) is 1.19. The summed E-state index contributed by atoms with van der Waals surface area (Å²) in [7, 11) is 0. The van der Waals surface area contributed by atoms with E-state index in [4.69, 9.17) is 15.3 Å². The summed E-state index contributed by atoms with van der Waals surface area (Å²) >= 11 is 0. The van der Waals surface area contributed by atoms with Crippen molar-refractivity contribution in [3.05, 3.63) is 29.3 Å². The number of nitriles is 2. The molecule has 0 saturated heterocycles. The molecule has 0 aliphatic rings. The number of unbranched alkanes of at least 4 members (excludes halogenated alkanes) is 1. The summed E-state index contributed by atoms with van der Waals surface area (Å²) in [6, 6.07) is 9.52. The van der Waals surface area contributed by atoms with E-state index >= 15 is 0 Å². The van der Waals surface area contributed by atoms with E-state index in [-0.39, 0.29) is 0 Å². The predicted molar refractivity (Wildman–Crippen MR) is 56.2 cm³/mol. The molecule has 1 rings (SSSR count). The first-order valence-electron chi connectivity index (χ1n) is 4.78. The zero-order chi connectivity index (χ0) is 11.1. The van der Waals surface area contributed by atoms with Gasteiger partial charge in [-0.1, -0.05) is 0 Å². The molecule has 0 spiro atoms. The largest absolute Gasteiger partial charge is 0.494 e. The monoisotopic (exact) mass is 200 g/mol. The van der Waals surface area contributed by atoms with Gasteiger partial charge in [0.05, 0.1) is 24.3 Å². The number of ether oxygens (including phenoxy) is 1. The number of aryl methyl sites for hydroxylation is 1. The molecule has 3 heteroatoms. The standard InChI is InChI=1S/C12H12N2O/c1-10-8-12(5-4-11(10)9-14)15-7-3-2-6-13/h4-5,8H,2-3,7H2,1H3. The SMILES string of the molecule is Cc1cc(OCCCC#N)ccc1C#N. The van der Waals surface area contributed by atoms with Gasteiger partial charge in [-0.3, -0.25) is 0 Å². The van der Waals surface area contributed by atoms with Crippen molar-refractivity contribution in [3.8, 4) is 17.9 Å². The van der Waals surface area contributed by atoms with Crippen molar-refractivity contribution in [1.82, 2.24) is 0 Å². The normalized spacial score (nSPS) is 9.00. The Bertz CT molecular complexity index is 413. The van der Waals surface area contributed by atoms with Crippen LogP contribution in [0.2, 0.25) is 0 Å². The molecule has 76 valence electrons. The van der Waals surface area contributed by atoms with Crippen molar-refractivity contribution in [3.63, 3.8) is 0 Å². The molecule has 0 aliphatic carbocycles. The molecular formula is C12H12N2O. The van der Waals surface area contributed by atoms with Crippen LogP contribution in [0.3, 0.4) is 0 Å². The lowest BCUT2D eigenvalue weighted by Gasteiger charge is -2.06. The Morgan fingerprint density at radius 3 is 2.73 bits per heavy atom. The maximum atomic E-state index is 8.73. The van der Waals surface area contributed by atoms with Gasteiger partial charge in [-0.25, -0.2) is 0 Å². The first-order valence-corrected chi connectivity index (χ1v) is 4.78. The van der Waals surface area contributed by atoms with Crippen LogP contribution in [0.1, 0.15) is 24.0 Å². The number of benzene rings is 1.